The summed E-state index contributed by atoms with van der Waals surface area (Å²) in [4.78, 5) is 6.97. The van der Waals surface area contributed by atoms with Crippen molar-refractivity contribution in [2.24, 2.45) is 0 Å². The van der Waals surface area contributed by atoms with Gasteiger partial charge in [-0.2, -0.15) is 0 Å². The van der Waals surface area contributed by atoms with Crippen molar-refractivity contribution in [1.82, 2.24) is 14.9 Å². The molecule has 0 radical (unpaired) electrons. The second-order valence-electron chi connectivity index (χ2n) is 8.69. The number of pyridine rings is 1. The van der Waals surface area contributed by atoms with E-state index >= 15 is 0 Å². The average Bonchev–Trinajstić information content (AvgIpc) is 3.44. The molecule has 0 bridgehead atoms. The van der Waals surface area contributed by atoms with E-state index in [1.54, 1.807) is 0 Å². The molecule has 1 saturated heterocycles. The van der Waals surface area contributed by atoms with Crippen LogP contribution in [0.25, 0.3) is 0 Å². The van der Waals surface area contributed by atoms with Crippen molar-refractivity contribution in [3.05, 3.63) is 82.4 Å². The number of hydrogen-bond acceptors (Lipinski definition) is 2. The van der Waals surface area contributed by atoms with Gasteiger partial charge in [-0.3, -0.25) is 4.98 Å². The topological polar surface area (TPSA) is 33.1 Å². The van der Waals surface area contributed by atoms with Crippen LogP contribution in [0.5, 0.6) is 0 Å². The van der Waals surface area contributed by atoms with Gasteiger partial charge in [0.25, 0.3) is 0 Å². The first kappa shape index (κ1) is 19.3. The van der Waals surface area contributed by atoms with E-state index in [0.717, 1.165) is 16.5 Å². The summed E-state index contributed by atoms with van der Waals surface area (Å²) in [6.45, 7) is 8.80. The van der Waals surface area contributed by atoms with Crippen LogP contribution in [0.3, 0.4) is 0 Å². The highest BCUT2D eigenvalue weighted by Crippen LogP contribution is 2.46. The number of thiocarbonyl (C=S) groups is 1. The van der Waals surface area contributed by atoms with Crippen molar-refractivity contribution in [2.75, 3.05) is 4.90 Å². The summed E-state index contributed by atoms with van der Waals surface area (Å²) in [5.41, 5.74) is 8.74. The Morgan fingerprint density at radius 3 is 2.47 bits per heavy atom. The van der Waals surface area contributed by atoms with E-state index in [0.29, 0.717) is 6.04 Å². The van der Waals surface area contributed by atoms with Gasteiger partial charge in [0.2, 0.25) is 0 Å². The first-order valence-electron chi connectivity index (χ1n) is 10.7. The lowest BCUT2D eigenvalue weighted by molar-refractivity contribution is 0.562. The van der Waals surface area contributed by atoms with Crippen LogP contribution >= 0.6 is 12.2 Å². The number of nitrogens with one attached hydrogen (secondary N) is 1. The third-order valence-electron chi connectivity index (χ3n) is 6.62. The van der Waals surface area contributed by atoms with Crippen LogP contribution in [0.2, 0.25) is 0 Å². The molecule has 0 amide bonds. The van der Waals surface area contributed by atoms with Gasteiger partial charge in [0, 0.05) is 29.3 Å². The maximum absolute atomic E-state index is 5.88. The molecular formula is C25H28N4S. The van der Waals surface area contributed by atoms with E-state index in [1.807, 2.05) is 12.3 Å². The van der Waals surface area contributed by atoms with Gasteiger partial charge < -0.3 is 14.8 Å². The monoisotopic (exact) mass is 416 g/mol. The zero-order chi connectivity index (χ0) is 21.0. The molecule has 154 valence electrons. The number of benzene rings is 1. The van der Waals surface area contributed by atoms with Gasteiger partial charge in [-0.1, -0.05) is 12.1 Å². The molecule has 0 spiro atoms. The van der Waals surface area contributed by atoms with Gasteiger partial charge >= 0.3 is 0 Å². The number of aromatic nitrogens is 2. The van der Waals surface area contributed by atoms with Gasteiger partial charge in [-0.15, -0.1) is 0 Å². The lowest BCUT2D eigenvalue weighted by Crippen LogP contribution is -2.29. The number of hydrogen-bond donors (Lipinski definition) is 1. The lowest BCUT2D eigenvalue weighted by atomic mass is 9.96. The molecule has 0 unspecified atom stereocenters. The smallest absolute Gasteiger partial charge is 0.174 e. The van der Waals surface area contributed by atoms with Crippen molar-refractivity contribution < 1.29 is 0 Å². The van der Waals surface area contributed by atoms with Crippen LogP contribution in [0.1, 0.15) is 64.7 Å². The SMILES string of the molecule is Cc1ccc(N2C(=S)N[C@H](c3ccccn3)[C@@H]2c2cc(C)n(C3CC3)c2C)cc1C. The van der Waals surface area contributed by atoms with Gasteiger partial charge in [0.05, 0.1) is 17.8 Å². The fourth-order valence-corrected chi connectivity index (χ4v) is 5.17. The molecule has 2 aliphatic rings. The highest BCUT2D eigenvalue weighted by atomic mass is 32.1. The Hall–Kier alpha value is -2.66. The molecule has 2 fully saturated rings. The van der Waals surface area contributed by atoms with Gasteiger partial charge in [-0.25, -0.2) is 0 Å². The van der Waals surface area contributed by atoms with Crippen LogP contribution < -0.4 is 10.2 Å². The molecule has 2 aromatic heterocycles. The molecule has 5 rings (SSSR count). The Morgan fingerprint density at radius 2 is 1.80 bits per heavy atom. The molecule has 1 saturated carbocycles. The molecule has 5 heteroatoms. The molecule has 1 aliphatic carbocycles. The third kappa shape index (κ3) is 3.12. The van der Waals surface area contributed by atoms with Crippen molar-refractivity contribution in [2.45, 2.75) is 58.7 Å². The van der Waals surface area contributed by atoms with E-state index in [1.165, 1.54) is 40.9 Å². The summed E-state index contributed by atoms with van der Waals surface area (Å²) in [6.07, 6.45) is 4.42. The molecule has 4 nitrogen and oxygen atoms in total. The first-order valence-corrected chi connectivity index (χ1v) is 11.1. The normalized spacial score (nSPS) is 21.2. The Balaban J connectivity index is 1.67. The molecule has 3 aromatic rings. The third-order valence-corrected chi connectivity index (χ3v) is 6.94. The molecular weight excluding hydrogens is 388 g/mol. The van der Waals surface area contributed by atoms with Gasteiger partial charge in [-0.05, 0) is 99.8 Å². The summed E-state index contributed by atoms with van der Waals surface area (Å²) >= 11 is 5.88. The molecule has 30 heavy (non-hydrogen) atoms. The van der Waals surface area contributed by atoms with Crippen LogP contribution in [0, 0.1) is 27.7 Å². The van der Waals surface area contributed by atoms with E-state index in [9.17, 15) is 0 Å². The number of nitrogens with zero attached hydrogens (tertiary/aromatic N) is 3. The Labute approximate surface area is 183 Å². The van der Waals surface area contributed by atoms with Gasteiger partial charge in [0.15, 0.2) is 5.11 Å². The maximum Gasteiger partial charge on any atom is 0.174 e. The highest BCUT2D eigenvalue weighted by molar-refractivity contribution is 7.80. The van der Waals surface area contributed by atoms with Crippen LogP contribution in [-0.4, -0.2) is 14.7 Å². The zero-order valence-corrected chi connectivity index (χ0v) is 18.8. The molecule has 1 aromatic carbocycles. The second kappa shape index (κ2) is 7.24. The van der Waals surface area contributed by atoms with Crippen molar-refractivity contribution >= 4 is 23.0 Å². The van der Waals surface area contributed by atoms with E-state index in [2.05, 4.69) is 83.9 Å². The van der Waals surface area contributed by atoms with Gasteiger partial charge in [0.1, 0.15) is 0 Å². The average molecular weight is 417 g/mol. The number of rotatable bonds is 4. The fraction of sp³-hybridized carbons (Fsp3) is 0.360. The summed E-state index contributed by atoms with van der Waals surface area (Å²) in [5, 5.41) is 4.35. The second-order valence-corrected chi connectivity index (χ2v) is 9.08. The highest BCUT2D eigenvalue weighted by Gasteiger charge is 2.43. The predicted octanol–water partition coefficient (Wildman–Crippen LogP) is 5.63. The molecule has 1 N–H and O–H groups in total. The van der Waals surface area contributed by atoms with Crippen LogP contribution in [0.4, 0.5) is 5.69 Å². The Bertz CT molecular complexity index is 1110. The van der Waals surface area contributed by atoms with Crippen LogP contribution in [0.15, 0.2) is 48.7 Å². The number of aryl methyl sites for hydroxylation is 3. The quantitative estimate of drug-likeness (QED) is 0.559. The van der Waals surface area contributed by atoms with Crippen molar-refractivity contribution in [1.29, 1.82) is 0 Å². The minimum Gasteiger partial charge on any atom is -0.351 e. The minimum atomic E-state index is 0.00784. The molecule has 3 heterocycles. The summed E-state index contributed by atoms with van der Waals surface area (Å²) < 4.78 is 2.52. The Kier molecular flexibility index (Phi) is 4.66. The Morgan fingerprint density at radius 1 is 1.00 bits per heavy atom. The lowest BCUT2D eigenvalue weighted by Gasteiger charge is -2.28. The first-order chi connectivity index (χ1) is 14.5. The summed E-state index contributed by atoms with van der Waals surface area (Å²) in [5.74, 6) is 0. The zero-order valence-electron chi connectivity index (χ0n) is 18.0. The van der Waals surface area contributed by atoms with Crippen molar-refractivity contribution in [3.8, 4) is 0 Å². The minimum absolute atomic E-state index is 0.00784. The van der Waals surface area contributed by atoms with E-state index in [4.69, 9.17) is 12.2 Å². The number of anilines is 1. The largest absolute Gasteiger partial charge is 0.351 e. The predicted molar refractivity (Wildman–Crippen MR) is 126 cm³/mol. The van der Waals surface area contributed by atoms with E-state index < -0.39 is 0 Å². The van der Waals surface area contributed by atoms with Crippen LogP contribution in [-0.2, 0) is 0 Å². The molecule has 2 atom stereocenters. The standard InChI is InChI=1S/C25H28N4S/c1-15-8-9-20(13-16(15)2)29-24(21-14-17(3)28(18(21)4)19-10-11-19)23(27-25(29)30)22-7-5-6-12-26-22/h5-9,12-14,19,23-24H,10-11H2,1-4H3,(H,27,30)/t23-,24+/m1/s1. The molecule has 1 aliphatic heterocycles. The van der Waals surface area contributed by atoms with Crippen molar-refractivity contribution in [3.63, 3.8) is 0 Å². The van der Waals surface area contributed by atoms with E-state index in [-0.39, 0.29) is 12.1 Å². The maximum atomic E-state index is 5.88. The summed E-state index contributed by atoms with van der Waals surface area (Å²) in [6, 6.07) is 15.8. The summed E-state index contributed by atoms with van der Waals surface area (Å²) in [7, 11) is 0. The fourth-order valence-electron chi connectivity index (χ4n) is 4.82.